The molecule has 1 heterocycles. The standard InChI is InChI=1S/C12H11ClN2O3S/c1-8-6-15(7-11(8)16)19(17,18)12-3-2-10(13)4-9(12)5-14/h2-4,11,16H,1,6-7H2. The summed E-state index contributed by atoms with van der Waals surface area (Å²) in [6, 6.07) is 5.82. The molecule has 1 unspecified atom stereocenters. The van der Waals surface area contributed by atoms with Gasteiger partial charge in [-0.3, -0.25) is 0 Å². The summed E-state index contributed by atoms with van der Waals surface area (Å²) in [6.45, 7) is 3.61. The van der Waals surface area contributed by atoms with Gasteiger partial charge in [0.25, 0.3) is 0 Å². The maximum atomic E-state index is 12.4. The Hall–Kier alpha value is -1.39. The van der Waals surface area contributed by atoms with Gasteiger partial charge >= 0.3 is 0 Å². The number of nitrogens with zero attached hydrogens (tertiary/aromatic N) is 2. The molecule has 0 bridgehead atoms. The van der Waals surface area contributed by atoms with Crippen LogP contribution in [-0.2, 0) is 10.0 Å². The van der Waals surface area contributed by atoms with Crippen molar-refractivity contribution in [3.05, 3.63) is 40.9 Å². The van der Waals surface area contributed by atoms with Crippen LogP contribution < -0.4 is 0 Å². The van der Waals surface area contributed by atoms with E-state index in [0.717, 1.165) is 4.31 Å². The van der Waals surface area contributed by atoms with Crippen LogP contribution in [0.4, 0.5) is 0 Å². The molecule has 100 valence electrons. The van der Waals surface area contributed by atoms with Crippen molar-refractivity contribution in [1.29, 1.82) is 5.26 Å². The molecular formula is C12H11ClN2O3S. The summed E-state index contributed by atoms with van der Waals surface area (Å²) in [7, 11) is -3.83. The SMILES string of the molecule is C=C1CN(S(=O)(=O)c2ccc(Cl)cc2C#N)CC1O. The predicted octanol–water partition coefficient (Wildman–Crippen LogP) is 1.13. The van der Waals surface area contributed by atoms with Crippen molar-refractivity contribution in [1.82, 2.24) is 4.31 Å². The Morgan fingerprint density at radius 1 is 1.53 bits per heavy atom. The molecule has 1 saturated heterocycles. The number of hydrogen-bond donors (Lipinski definition) is 1. The molecule has 0 saturated carbocycles. The average Bonchev–Trinajstić information content (AvgIpc) is 2.70. The highest BCUT2D eigenvalue weighted by Gasteiger charge is 2.35. The highest BCUT2D eigenvalue weighted by Crippen LogP contribution is 2.27. The summed E-state index contributed by atoms with van der Waals surface area (Å²) < 4.78 is 25.9. The molecule has 1 aliphatic rings. The third kappa shape index (κ3) is 2.51. The second-order valence-electron chi connectivity index (χ2n) is 4.22. The minimum Gasteiger partial charge on any atom is -0.387 e. The quantitative estimate of drug-likeness (QED) is 0.830. The molecule has 0 aromatic heterocycles. The minimum atomic E-state index is -3.83. The second-order valence-corrected chi connectivity index (χ2v) is 6.57. The number of sulfonamides is 1. The molecule has 0 aliphatic carbocycles. The van der Waals surface area contributed by atoms with E-state index in [-0.39, 0.29) is 23.5 Å². The lowest BCUT2D eigenvalue weighted by atomic mass is 10.2. The summed E-state index contributed by atoms with van der Waals surface area (Å²) in [5.74, 6) is 0. The topological polar surface area (TPSA) is 81.4 Å². The zero-order valence-electron chi connectivity index (χ0n) is 9.88. The Morgan fingerprint density at radius 2 is 2.21 bits per heavy atom. The lowest BCUT2D eigenvalue weighted by Gasteiger charge is -2.16. The summed E-state index contributed by atoms with van der Waals surface area (Å²) in [5, 5.41) is 18.8. The van der Waals surface area contributed by atoms with Crippen LogP contribution >= 0.6 is 11.6 Å². The van der Waals surface area contributed by atoms with Crippen LogP contribution in [0.1, 0.15) is 5.56 Å². The van der Waals surface area contributed by atoms with E-state index in [1.807, 2.05) is 6.07 Å². The summed E-state index contributed by atoms with van der Waals surface area (Å²) >= 11 is 5.74. The lowest BCUT2D eigenvalue weighted by Crippen LogP contribution is -2.30. The highest BCUT2D eigenvalue weighted by atomic mass is 35.5. The molecule has 1 atom stereocenters. The molecule has 0 amide bonds. The predicted molar refractivity (Wildman–Crippen MR) is 70.1 cm³/mol. The molecule has 19 heavy (non-hydrogen) atoms. The number of aliphatic hydroxyl groups excluding tert-OH is 1. The third-order valence-electron chi connectivity index (χ3n) is 2.91. The number of aliphatic hydroxyl groups is 1. The average molecular weight is 299 g/mol. The molecule has 0 radical (unpaired) electrons. The molecule has 0 spiro atoms. The molecule has 5 nitrogen and oxygen atoms in total. The van der Waals surface area contributed by atoms with E-state index in [9.17, 15) is 13.5 Å². The zero-order chi connectivity index (χ0) is 14.2. The molecule has 1 aromatic rings. The van der Waals surface area contributed by atoms with E-state index in [1.165, 1.54) is 18.2 Å². The largest absolute Gasteiger partial charge is 0.387 e. The van der Waals surface area contributed by atoms with E-state index >= 15 is 0 Å². The zero-order valence-corrected chi connectivity index (χ0v) is 11.4. The monoisotopic (exact) mass is 298 g/mol. The second kappa shape index (κ2) is 4.94. The van der Waals surface area contributed by atoms with Gasteiger partial charge in [-0.2, -0.15) is 9.57 Å². The van der Waals surface area contributed by atoms with Gasteiger partial charge in [0, 0.05) is 18.1 Å². The van der Waals surface area contributed by atoms with E-state index < -0.39 is 16.1 Å². The van der Waals surface area contributed by atoms with E-state index in [1.54, 1.807) is 0 Å². The molecule has 2 rings (SSSR count). The Morgan fingerprint density at radius 3 is 2.74 bits per heavy atom. The number of β-amino-alcohol motifs (C(OH)–C–C–N with tert-alkyl or cyclic N) is 1. The summed E-state index contributed by atoms with van der Waals surface area (Å²) in [4.78, 5) is -0.110. The Balaban J connectivity index is 2.47. The first-order chi connectivity index (χ1) is 8.86. The van der Waals surface area contributed by atoms with Gasteiger partial charge in [-0.05, 0) is 23.8 Å². The Labute approximate surface area is 116 Å². The van der Waals surface area contributed by atoms with Gasteiger partial charge in [-0.25, -0.2) is 8.42 Å². The Bertz CT molecular complexity index is 679. The van der Waals surface area contributed by atoms with E-state index in [4.69, 9.17) is 16.9 Å². The fraction of sp³-hybridized carbons (Fsp3) is 0.250. The number of hydrogen-bond acceptors (Lipinski definition) is 4. The van der Waals surface area contributed by atoms with Crippen molar-refractivity contribution in [3.63, 3.8) is 0 Å². The molecule has 1 N–H and O–H groups in total. The van der Waals surface area contributed by atoms with Crippen molar-refractivity contribution in [2.24, 2.45) is 0 Å². The maximum Gasteiger partial charge on any atom is 0.244 e. The third-order valence-corrected chi connectivity index (χ3v) is 5.01. The van der Waals surface area contributed by atoms with Crippen LogP contribution in [0.15, 0.2) is 35.2 Å². The fourth-order valence-electron chi connectivity index (χ4n) is 1.86. The van der Waals surface area contributed by atoms with Gasteiger partial charge in [-0.1, -0.05) is 18.2 Å². The van der Waals surface area contributed by atoms with Gasteiger partial charge in [0.15, 0.2) is 0 Å². The van der Waals surface area contributed by atoms with Gasteiger partial charge < -0.3 is 5.11 Å². The molecular weight excluding hydrogens is 288 g/mol. The maximum absolute atomic E-state index is 12.4. The van der Waals surface area contributed by atoms with E-state index in [2.05, 4.69) is 6.58 Å². The molecule has 1 fully saturated rings. The first-order valence-electron chi connectivity index (χ1n) is 5.42. The van der Waals surface area contributed by atoms with Gasteiger partial charge in [0.1, 0.15) is 11.0 Å². The molecule has 7 heteroatoms. The van der Waals surface area contributed by atoms with Crippen LogP contribution in [-0.4, -0.2) is 37.0 Å². The van der Waals surface area contributed by atoms with Crippen LogP contribution in [0.3, 0.4) is 0 Å². The van der Waals surface area contributed by atoms with Crippen molar-refractivity contribution in [2.75, 3.05) is 13.1 Å². The Kier molecular flexibility index (Phi) is 3.65. The number of nitriles is 1. The van der Waals surface area contributed by atoms with Crippen LogP contribution in [0.5, 0.6) is 0 Å². The summed E-state index contributed by atoms with van der Waals surface area (Å²) in [6.07, 6.45) is -0.868. The fourth-order valence-corrected chi connectivity index (χ4v) is 3.60. The number of rotatable bonds is 2. The first kappa shape index (κ1) is 14.0. The van der Waals surface area contributed by atoms with Crippen LogP contribution in [0.25, 0.3) is 0 Å². The molecule has 1 aliphatic heterocycles. The number of benzene rings is 1. The van der Waals surface area contributed by atoms with Gasteiger partial charge in [0.2, 0.25) is 10.0 Å². The van der Waals surface area contributed by atoms with Gasteiger partial charge in [0.05, 0.1) is 11.7 Å². The van der Waals surface area contributed by atoms with Crippen molar-refractivity contribution in [2.45, 2.75) is 11.0 Å². The van der Waals surface area contributed by atoms with Crippen molar-refractivity contribution in [3.8, 4) is 6.07 Å². The molecule has 1 aromatic carbocycles. The van der Waals surface area contributed by atoms with Crippen molar-refractivity contribution >= 4 is 21.6 Å². The first-order valence-corrected chi connectivity index (χ1v) is 7.23. The minimum absolute atomic E-state index is 0.0143. The lowest BCUT2D eigenvalue weighted by molar-refractivity contribution is 0.217. The van der Waals surface area contributed by atoms with Crippen molar-refractivity contribution < 1.29 is 13.5 Å². The van der Waals surface area contributed by atoms with Gasteiger partial charge in [-0.15, -0.1) is 0 Å². The smallest absolute Gasteiger partial charge is 0.244 e. The highest BCUT2D eigenvalue weighted by molar-refractivity contribution is 7.89. The van der Waals surface area contributed by atoms with Crippen LogP contribution in [0.2, 0.25) is 5.02 Å². The van der Waals surface area contributed by atoms with E-state index in [0.29, 0.717) is 10.6 Å². The normalized spacial score (nSPS) is 20.5. The van der Waals surface area contributed by atoms with Crippen LogP contribution in [0, 0.1) is 11.3 Å². The summed E-state index contributed by atoms with van der Waals surface area (Å²) in [5.41, 5.74) is 0.426. The number of halogens is 1.